The Kier molecular flexibility index (Phi) is 9.44. The minimum atomic E-state index is -0.439. The van der Waals surface area contributed by atoms with Crippen LogP contribution in [0.25, 0.3) is 16.5 Å². The number of fused-ring (bicyclic) bond motifs is 1. The molecule has 6 heteroatoms. The summed E-state index contributed by atoms with van der Waals surface area (Å²) in [5, 5.41) is 41.3. The number of aromatic hydroxyl groups is 4. The first-order valence-corrected chi connectivity index (χ1v) is 11.2. The normalized spacial score (nSPS) is 11.5. The van der Waals surface area contributed by atoms with Gasteiger partial charge in [-0.1, -0.05) is 57.1 Å². The minimum Gasteiger partial charge on any atom is -0.507 e. The monoisotopic (exact) mass is 442 g/mol. The molecule has 32 heavy (non-hydrogen) atoms. The van der Waals surface area contributed by atoms with Gasteiger partial charge in [-0.15, -0.1) is 0 Å². The van der Waals surface area contributed by atoms with Crippen molar-refractivity contribution in [1.29, 1.82) is 0 Å². The molecule has 0 saturated carbocycles. The first kappa shape index (κ1) is 25.1. The van der Waals surface area contributed by atoms with Crippen molar-refractivity contribution in [3.8, 4) is 23.0 Å². The lowest BCUT2D eigenvalue weighted by Gasteiger charge is -2.15. The van der Waals surface area contributed by atoms with Crippen LogP contribution < -0.4 is 0 Å². The Bertz CT molecular complexity index is 999. The summed E-state index contributed by atoms with van der Waals surface area (Å²) in [6.07, 6.45) is 11.0. The molecule has 0 radical (unpaired) electrons. The first-order chi connectivity index (χ1) is 15.3. The van der Waals surface area contributed by atoms with Gasteiger partial charge in [-0.05, 0) is 44.5 Å². The number of benzene rings is 2. The predicted molar refractivity (Wildman–Crippen MR) is 127 cm³/mol. The molecule has 174 valence electrons. The third-order valence-corrected chi connectivity index (χ3v) is 5.23. The molecule has 0 bridgehead atoms. The summed E-state index contributed by atoms with van der Waals surface area (Å²) >= 11 is 0. The van der Waals surface area contributed by atoms with Crippen LogP contribution >= 0.6 is 0 Å². The van der Waals surface area contributed by atoms with Crippen LogP contribution in [0, 0.1) is 0 Å². The Balaban J connectivity index is 2.25. The van der Waals surface area contributed by atoms with Crippen LogP contribution in [0.3, 0.4) is 0 Å². The number of hydrogen-bond donors (Lipinski definition) is 4. The molecule has 0 aliphatic heterocycles. The van der Waals surface area contributed by atoms with Gasteiger partial charge in [0.05, 0.1) is 16.3 Å². The molecule has 0 unspecified atom stereocenters. The molecular formula is C26H34O6. The van der Waals surface area contributed by atoms with E-state index in [1.807, 2.05) is 13.8 Å². The van der Waals surface area contributed by atoms with Crippen LogP contribution in [-0.4, -0.2) is 26.4 Å². The van der Waals surface area contributed by atoms with E-state index in [0.29, 0.717) is 6.42 Å². The quantitative estimate of drug-likeness (QED) is 0.102. The lowest BCUT2D eigenvalue weighted by Crippen LogP contribution is -2.04. The second-order valence-corrected chi connectivity index (χ2v) is 8.27. The zero-order valence-electron chi connectivity index (χ0n) is 19.1. The van der Waals surface area contributed by atoms with E-state index in [-0.39, 0.29) is 45.8 Å². The topological polar surface area (TPSA) is 107 Å². The van der Waals surface area contributed by atoms with E-state index < -0.39 is 11.7 Å². The summed E-state index contributed by atoms with van der Waals surface area (Å²) in [7, 11) is 0. The van der Waals surface area contributed by atoms with Gasteiger partial charge in [0.15, 0.2) is 0 Å². The van der Waals surface area contributed by atoms with Crippen LogP contribution in [-0.2, 0) is 9.53 Å². The Hall–Kier alpha value is -3.15. The van der Waals surface area contributed by atoms with Crippen molar-refractivity contribution in [2.75, 3.05) is 0 Å². The van der Waals surface area contributed by atoms with Crippen molar-refractivity contribution < 1.29 is 30.0 Å². The van der Waals surface area contributed by atoms with Gasteiger partial charge in [0, 0.05) is 6.42 Å². The van der Waals surface area contributed by atoms with Crippen molar-refractivity contribution in [2.24, 2.45) is 0 Å². The number of esters is 1. The predicted octanol–water partition coefficient (Wildman–Crippen LogP) is 6.65. The van der Waals surface area contributed by atoms with Crippen molar-refractivity contribution in [3.05, 3.63) is 41.5 Å². The standard InChI is InChI=1S/C26H34O6/c1-4-5-6-7-8-9-10-11-23(30)32-22(15-12-17(2)3)18-16-21(29)24-19(27)13-14-20(28)25(24)26(18)31/h12-16,27-29,31H,4-11H2,1-3H3/b22-15-. The van der Waals surface area contributed by atoms with Gasteiger partial charge in [0.25, 0.3) is 0 Å². The fourth-order valence-corrected chi connectivity index (χ4v) is 3.50. The highest BCUT2D eigenvalue weighted by Gasteiger charge is 2.21. The highest BCUT2D eigenvalue weighted by atomic mass is 16.5. The van der Waals surface area contributed by atoms with Crippen LogP contribution in [0.2, 0.25) is 0 Å². The Morgan fingerprint density at radius 1 is 0.844 bits per heavy atom. The fraction of sp³-hybridized carbons (Fsp3) is 0.423. The Morgan fingerprint density at radius 2 is 1.44 bits per heavy atom. The van der Waals surface area contributed by atoms with E-state index in [2.05, 4.69) is 6.92 Å². The van der Waals surface area contributed by atoms with E-state index in [0.717, 1.165) is 24.8 Å². The SMILES string of the molecule is CCCCCCCCCC(=O)O/C(=C\C=C(C)C)c1cc(O)c2c(O)ccc(O)c2c1O. The van der Waals surface area contributed by atoms with E-state index in [1.54, 1.807) is 6.08 Å². The Morgan fingerprint density at radius 3 is 2.06 bits per heavy atom. The van der Waals surface area contributed by atoms with Gasteiger partial charge >= 0.3 is 5.97 Å². The average Bonchev–Trinajstić information content (AvgIpc) is 2.74. The second-order valence-electron chi connectivity index (χ2n) is 8.27. The summed E-state index contributed by atoms with van der Waals surface area (Å²) in [6.45, 7) is 5.92. The minimum absolute atomic E-state index is 0.0429. The molecule has 0 amide bonds. The number of unbranched alkanes of at least 4 members (excludes halogenated alkanes) is 6. The highest BCUT2D eigenvalue weighted by Crippen LogP contribution is 2.46. The molecule has 0 atom stereocenters. The number of rotatable bonds is 11. The number of allylic oxidation sites excluding steroid dienone is 3. The second kappa shape index (κ2) is 12.0. The maximum absolute atomic E-state index is 12.5. The highest BCUT2D eigenvalue weighted by molar-refractivity contribution is 6.04. The largest absolute Gasteiger partial charge is 0.507 e. The Labute approximate surface area is 189 Å². The lowest BCUT2D eigenvalue weighted by atomic mass is 10.0. The summed E-state index contributed by atoms with van der Waals surface area (Å²) in [4.78, 5) is 12.5. The number of carbonyl (C=O) groups is 1. The van der Waals surface area contributed by atoms with Crippen molar-refractivity contribution in [2.45, 2.75) is 72.1 Å². The molecule has 0 aliphatic carbocycles. The summed E-state index contributed by atoms with van der Waals surface area (Å²) in [6, 6.07) is 3.65. The van der Waals surface area contributed by atoms with E-state index in [1.165, 1.54) is 43.5 Å². The molecule has 0 spiro atoms. The molecule has 0 heterocycles. The van der Waals surface area contributed by atoms with Gasteiger partial charge in [0.1, 0.15) is 28.8 Å². The van der Waals surface area contributed by atoms with E-state index in [9.17, 15) is 25.2 Å². The summed E-state index contributed by atoms with van der Waals surface area (Å²) < 4.78 is 5.55. The average molecular weight is 443 g/mol. The smallest absolute Gasteiger partial charge is 0.311 e. The lowest BCUT2D eigenvalue weighted by molar-refractivity contribution is -0.136. The van der Waals surface area contributed by atoms with Crippen molar-refractivity contribution in [1.82, 2.24) is 0 Å². The number of phenolic OH excluding ortho intramolecular Hbond substituents is 4. The van der Waals surface area contributed by atoms with Crippen molar-refractivity contribution >= 4 is 22.5 Å². The molecule has 4 N–H and O–H groups in total. The molecule has 2 aromatic carbocycles. The van der Waals surface area contributed by atoms with Gasteiger partial charge < -0.3 is 25.2 Å². The third-order valence-electron chi connectivity index (χ3n) is 5.23. The number of hydrogen-bond acceptors (Lipinski definition) is 6. The molecule has 2 rings (SSSR count). The first-order valence-electron chi connectivity index (χ1n) is 11.2. The molecule has 0 fully saturated rings. The van der Waals surface area contributed by atoms with Crippen LogP contribution in [0.5, 0.6) is 23.0 Å². The number of carbonyl (C=O) groups excluding carboxylic acids is 1. The molecular weight excluding hydrogens is 408 g/mol. The molecule has 6 nitrogen and oxygen atoms in total. The number of phenols is 4. The zero-order valence-corrected chi connectivity index (χ0v) is 19.1. The fourth-order valence-electron chi connectivity index (χ4n) is 3.50. The van der Waals surface area contributed by atoms with Crippen LogP contribution in [0.4, 0.5) is 0 Å². The van der Waals surface area contributed by atoms with Gasteiger partial charge in [-0.2, -0.15) is 0 Å². The summed E-state index contributed by atoms with van der Waals surface area (Å²) in [5.74, 6) is -1.75. The molecule has 0 aliphatic rings. The molecule has 2 aromatic rings. The van der Waals surface area contributed by atoms with Crippen molar-refractivity contribution in [3.63, 3.8) is 0 Å². The maximum Gasteiger partial charge on any atom is 0.311 e. The number of ether oxygens (including phenoxy) is 1. The van der Waals surface area contributed by atoms with Crippen LogP contribution in [0.1, 0.15) is 77.7 Å². The molecule has 0 saturated heterocycles. The van der Waals surface area contributed by atoms with Gasteiger partial charge in [-0.25, -0.2) is 0 Å². The van der Waals surface area contributed by atoms with E-state index in [4.69, 9.17) is 4.74 Å². The van der Waals surface area contributed by atoms with Gasteiger partial charge in [0.2, 0.25) is 0 Å². The molecule has 0 aromatic heterocycles. The zero-order chi connectivity index (χ0) is 23.7. The summed E-state index contributed by atoms with van der Waals surface area (Å²) in [5.41, 5.74) is 0.983. The van der Waals surface area contributed by atoms with Gasteiger partial charge in [-0.3, -0.25) is 4.79 Å². The van der Waals surface area contributed by atoms with E-state index >= 15 is 0 Å². The van der Waals surface area contributed by atoms with Crippen LogP contribution in [0.15, 0.2) is 35.9 Å². The third kappa shape index (κ3) is 6.67. The maximum atomic E-state index is 12.5.